The Bertz CT molecular complexity index is 1260. The first-order valence-corrected chi connectivity index (χ1v) is 13.8. The number of nitrogens with one attached hydrogen (secondary N) is 2. The second-order valence-electron chi connectivity index (χ2n) is 9.88. The van der Waals surface area contributed by atoms with E-state index < -0.39 is 6.04 Å². The fourth-order valence-electron chi connectivity index (χ4n) is 4.81. The molecule has 4 rings (SSSR count). The van der Waals surface area contributed by atoms with Crippen LogP contribution in [0.2, 0.25) is 0 Å². The maximum absolute atomic E-state index is 13.8. The number of piperidine rings is 1. The first-order chi connectivity index (χ1) is 18.3. The predicted molar refractivity (Wildman–Crippen MR) is 156 cm³/mol. The number of likely N-dealkylation sites (tertiary alicyclic amines) is 1. The van der Waals surface area contributed by atoms with Gasteiger partial charge in [0, 0.05) is 35.3 Å². The number of amides is 1. The van der Waals surface area contributed by atoms with Crippen molar-refractivity contribution >= 4 is 29.5 Å². The van der Waals surface area contributed by atoms with Crippen LogP contribution < -0.4 is 21.9 Å². The van der Waals surface area contributed by atoms with E-state index in [0.717, 1.165) is 59.5 Å². The number of amidine groups is 1. The highest BCUT2D eigenvalue weighted by Crippen LogP contribution is 2.26. The fourth-order valence-corrected chi connectivity index (χ4v) is 5.61. The third kappa shape index (κ3) is 7.12. The molecule has 8 nitrogen and oxygen atoms in total. The molecule has 0 aliphatic carbocycles. The van der Waals surface area contributed by atoms with E-state index in [9.17, 15) is 4.79 Å². The molecular formula is C29H37N7OS. The molecule has 200 valence electrons. The first-order valence-electron chi connectivity index (χ1n) is 13.0. The van der Waals surface area contributed by atoms with Crippen molar-refractivity contribution in [2.75, 3.05) is 25.4 Å². The third-order valence-electron chi connectivity index (χ3n) is 7.16. The number of anilines is 1. The topological polar surface area (TPSA) is 147 Å². The van der Waals surface area contributed by atoms with Gasteiger partial charge in [-0.1, -0.05) is 24.3 Å². The van der Waals surface area contributed by atoms with E-state index in [1.165, 1.54) is 11.9 Å². The molecule has 1 unspecified atom stereocenters. The third-order valence-corrected chi connectivity index (χ3v) is 8.05. The molecule has 0 radical (unpaired) electrons. The van der Waals surface area contributed by atoms with Gasteiger partial charge in [0.1, 0.15) is 17.7 Å². The summed E-state index contributed by atoms with van der Waals surface area (Å²) in [5.74, 6) is 1.19. The van der Waals surface area contributed by atoms with Gasteiger partial charge in [0.25, 0.3) is 0 Å². The van der Waals surface area contributed by atoms with Crippen LogP contribution in [0.5, 0.6) is 0 Å². The Hall–Kier alpha value is -3.40. The summed E-state index contributed by atoms with van der Waals surface area (Å²) in [5, 5.41) is 7.84. The number of benzene rings is 2. The number of aryl methyl sites for hydroxylation is 1. The van der Waals surface area contributed by atoms with Crippen molar-refractivity contribution in [2.45, 2.75) is 43.5 Å². The Morgan fingerprint density at radius 2 is 1.95 bits per heavy atom. The molecule has 1 fully saturated rings. The fraction of sp³-hybridized carbons (Fsp3) is 0.345. The van der Waals surface area contributed by atoms with Gasteiger partial charge < -0.3 is 22.1 Å². The standard InChI is InChI=1S/C29H37N7OS/c1-19-5-6-22(28(32)33)15-24(19)17-26(29(37)36-13-10-20(9-12-30)11-14-36)35-38-25-4-2-3-21(16-25)23-7-8-27(31)34-18-23/h2-8,15-16,18,20,26,35H,9-14,17,30H2,1H3,(H2,31,34)(H3,32,33). The van der Waals surface area contributed by atoms with Gasteiger partial charge in [-0.15, -0.1) is 0 Å². The molecule has 38 heavy (non-hydrogen) atoms. The summed E-state index contributed by atoms with van der Waals surface area (Å²) in [7, 11) is 0. The van der Waals surface area contributed by atoms with Gasteiger partial charge in [-0.3, -0.25) is 10.2 Å². The average molecular weight is 532 g/mol. The Kier molecular flexibility index (Phi) is 9.38. The molecule has 8 N–H and O–H groups in total. The SMILES string of the molecule is Cc1ccc(C(=N)N)cc1CC(NSc1cccc(-c2ccc(N)nc2)c1)C(=O)N1CCC(CCN)CC1. The predicted octanol–water partition coefficient (Wildman–Crippen LogP) is 3.72. The number of hydrogen-bond donors (Lipinski definition) is 5. The number of aromatic nitrogens is 1. The largest absolute Gasteiger partial charge is 0.384 e. The van der Waals surface area contributed by atoms with Crippen molar-refractivity contribution in [3.8, 4) is 11.1 Å². The van der Waals surface area contributed by atoms with Crippen LogP contribution in [0.4, 0.5) is 5.82 Å². The van der Waals surface area contributed by atoms with Crippen LogP contribution in [0.25, 0.3) is 11.1 Å². The van der Waals surface area contributed by atoms with Gasteiger partial charge in [0.15, 0.2) is 0 Å². The smallest absolute Gasteiger partial charge is 0.240 e. The summed E-state index contributed by atoms with van der Waals surface area (Å²) in [6, 6.07) is 17.2. The molecule has 1 saturated heterocycles. The normalized spacial score (nSPS) is 14.8. The van der Waals surface area contributed by atoms with E-state index in [1.54, 1.807) is 12.3 Å². The Labute approximate surface area is 229 Å². The van der Waals surface area contributed by atoms with Crippen molar-refractivity contribution in [3.05, 3.63) is 77.5 Å². The number of carbonyl (C=O) groups excluding carboxylic acids is 1. The van der Waals surface area contributed by atoms with Crippen LogP contribution >= 0.6 is 11.9 Å². The number of nitrogen functional groups attached to an aromatic ring is 2. The van der Waals surface area contributed by atoms with Crippen molar-refractivity contribution in [3.63, 3.8) is 0 Å². The minimum atomic E-state index is -0.436. The maximum Gasteiger partial charge on any atom is 0.240 e. The highest BCUT2D eigenvalue weighted by Gasteiger charge is 2.29. The minimum Gasteiger partial charge on any atom is -0.384 e. The molecule has 0 bridgehead atoms. The van der Waals surface area contributed by atoms with E-state index in [-0.39, 0.29) is 11.7 Å². The lowest BCUT2D eigenvalue weighted by atomic mass is 9.92. The molecule has 1 aliphatic rings. The summed E-state index contributed by atoms with van der Waals surface area (Å²) < 4.78 is 3.47. The zero-order valence-corrected chi connectivity index (χ0v) is 22.6. The molecule has 9 heteroatoms. The van der Waals surface area contributed by atoms with Crippen LogP contribution in [-0.4, -0.2) is 47.3 Å². The molecule has 2 aromatic carbocycles. The summed E-state index contributed by atoms with van der Waals surface area (Å²) in [5.41, 5.74) is 22.0. The van der Waals surface area contributed by atoms with Gasteiger partial charge in [0.2, 0.25) is 5.91 Å². The Morgan fingerprint density at radius 1 is 1.16 bits per heavy atom. The number of rotatable bonds is 10. The van der Waals surface area contributed by atoms with Gasteiger partial charge in [-0.2, -0.15) is 0 Å². The second-order valence-corrected chi connectivity index (χ2v) is 10.8. The lowest BCUT2D eigenvalue weighted by Crippen LogP contribution is -2.48. The minimum absolute atomic E-state index is 0.0207. The van der Waals surface area contributed by atoms with Crippen LogP contribution in [0, 0.1) is 18.3 Å². The van der Waals surface area contributed by atoms with Gasteiger partial charge >= 0.3 is 0 Å². The van der Waals surface area contributed by atoms with E-state index >= 15 is 0 Å². The highest BCUT2D eigenvalue weighted by molar-refractivity contribution is 7.97. The zero-order chi connectivity index (χ0) is 27.1. The zero-order valence-electron chi connectivity index (χ0n) is 21.8. The lowest BCUT2D eigenvalue weighted by molar-refractivity contribution is -0.134. The quantitative estimate of drug-likeness (QED) is 0.152. The average Bonchev–Trinajstić information content (AvgIpc) is 2.92. The molecule has 1 aliphatic heterocycles. The van der Waals surface area contributed by atoms with E-state index in [1.807, 2.05) is 54.3 Å². The van der Waals surface area contributed by atoms with Gasteiger partial charge in [-0.05, 0) is 104 Å². The number of nitrogens with two attached hydrogens (primary N) is 3. The molecule has 2 heterocycles. The van der Waals surface area contributed by atoms with Crippen molar-refractivity contribution in [2.24, 2.45) is 17.4 Å². The first kappa shape index (κ1) is 27.6. The van der Waals surface area contributed by atoms with Crippen LogP contribution in [0.15, 0.2) is 65.7 Å². The number of nitrogens with zero attached hydrogens (tertiary/aromatic N) is 2. The Morgan fingerprint density at radius 3 is 2.63 bits per heavy atom. The van der Waals surface area contributed by atoms with Crippen LogP contribution in [0.3, 0.4) is 0 Å². The molecule has 3 aromatic rings. The summed E-state index contributed by atoms with van der Waals surface area (Å²) in [6.45, 7) is 4.21. The molecule has 0 saturated carbocycles. The molecule has 1 aromatic heterocycles. The van der Waals surface area contributed by atoms with Crippen molar-refractivity contribution in [1.82, 2.24) is 14.6 Å². The van der Waals surface area contributed by atoms with Crippen molar-refractivity contribution in [1.29, 1.82) is 5.41 Å². The monoisotopic (exact) mass is 531 g/mol. The van der Waals surface area contributed by atoms with Gasteiger partial charge in [-0.25, -0.2) is 9.71 Å². The summed E-state index contributed by atoms with van der Waals surface area (Å²) >= 11 is 1.45. The number of hydrogen-bond acceptors (Lipinski definition) is 7. The molecular weight excluding hydrogens is 494 g/mol. The van der Waals surface area contributed by atoms with E-state index in [4.69, 9.17) is 22.6 Å². The molecule has 1 amide bonds. The van der Waals surface area contributed by atoms with Gasteiger partial charge in [0.05, 0.1) is 0 Å². The second kappa shape index (κ2) is 12.9. The van der Waals surface area contributed by atoms with E-state index in [2.05, 4.69) is 15.8 Å². The number of pyridine rings is 1. The highest BCUT2D eigenvalue weighted by atomic mass is 32.2. The maximum atomic E-state index is 13.8. The van der Waals surface area contributed by atoms with Crippen LogP contribution in [0.1, 0.15) is 36.0 Å². The molecule has 1 atom stereocenters. The van der Waals surface area contributed by atoms with Crippen LogP contribution in [-0.2, 0) is 11.2 Å². The summed E-state index contributed by atoms with van der Waals surface area (Å²) in [6.07, 6.45) is 5.25. The Balaban J connectivity index is 1.53. The lowest BCUT2D eigenvalue weighted by Gasteiger charge is -2.34. The van der Waals surface area contributed by atoms with Crippen molar-refractivity contribution < 1.29 is 4.79 Å². The number of carbonyl (C=O) groups is 1. The van der Waals surface area contributed by atoms with E-state index in [0.29, 0.717) is 30.3 Å². The molecule has 0 spiro atoms. The summed E-state index contributed by atoms with van der Waals surface area (Å²) in [4.78, 5) is 20.9.